The zero-order valence-electron chi connectivity index (χ0n) is 9.97. The third-order valence-corrected chi connectivity index (χ3v) is 3.72. The van der Waals surface area contributed by atoms with Crippen LogP contribution >= 0.6 is 0 Å². The zero-order valence-corrected chi connectivity index (χ0v) is 10.8. The lowest BCUT2D eigenvalue weighted by atomic mass is 10.3. The summed E-state index contributed by atoms with van der Waals surface area (Å²) < 4.78 is 52.3. The maximum atomic E-state index is 13.0. The zero-order chi connectivity index (χ0) is 14.8. The van der Waals surface area contributed by atoms with Gasteiger partial charge in [0, 0.05) is 12.3 Å². The molecule has 0 unspecified atom stereocenters. The molecule has 0 aliphatic heterocycles. The van der Waals surface area contributed by atoms with Crippen LogP contribution < -0.4 is 16.0 Å². The predicted octanol–water partition coefficient (Wildman–Crippen LogP) is 1.45. The van der Waals surface area contributed by atoms with Crippen molar-refractivity contribution in [2.24, 2.45) is 5.84 Å². The fourth-order valence-corrected chi connectivity index (χ4v) is 2.70. The maximum absolute atomic E-state index is 13.0. The molecule has 0 radical (unpaired) electrons. The van der Waals surface area contributed by atoms with Gasteiger partial charge in [-0.15, -0.1) is 0 Å². The largest absolute Gasteiger partial charge is 0.307 e. The van der Waals surface area contributed by atoms with Crippen LogP contribution in [-0.2, 0) is 10.0 Å². The Kier molecular flexibility index (Phi) is 3.81. The molecular weight excluding hydrogens is 290 g/mol. The van der Waals surface area contributed by atoms with Gasteiger partial charge in [-0.25, -0.2) is 28.0 Å². The Morgan fingerprint density at radius 3 is 2.40 bits per heavy atom. The number of anilines is 2. The van der Waals surface area contributed by atoms with E-state index in [1.807, 2.05) is 4.72 Å². The number of halogens is 2. The Morgan fingerprint density at radius 1 is 1.15 bits per heavy atom. The van der Waals surface area contributed by atoms with Crippen LogP contribution in [0.1, 0.15) is 0 Å². The predicted molar refractivity (Wildman–Crippen MR) is 69.2 cm³/mol. The normalized spacial score (nSPS) is 11.2. The highest BCUT2D eigenvalue weighted by molar-refractivity contribution is 7.92. The van der Waals surface area contributed by atoms with Crippen LogP contribution in [0.15, 0.2) is 41.4 Å². The smallest absolute Gasteiger partial charge is 0.265 e. The minimum absolute atomic E-state index is 0.0862. The average molecular weight is 300 g/mol. The second-order valence-corrected chi connectivity index (χ2v) is 5.41. The fourth-order valence-electron chi connectivity index (χ4n) is 1.54. The standard InChI is InChI=1S/C11H10F2N4O2S/c12-7-4-8(13)6-9(5-7)17-20(18,19)10-2-1-3-15-11(10)16-14/h1-6,17H,14H2,(H,15,16). The maximum Gasteiger partial charge on any atom is 0.265 e. The molecule has 0 saturated heterocycles. The quantitative estimate of drug-likeness (QED) is 0.586. The first kappa shape index (κ1) is 14.2. The van der Waals surface area contributed by atoms with Gasteiger partial charge in [0.15, 0.2) is 5.82 Å². The van der Waals surface area contributed by atoms with Gasteiger partial charge in [-0.2, -0.15) is 0 Å². The Morgan fingerprint density at radius 2 is 1.80 bits per heavy atom. The minimum atomic E-state index is -4.08. The van der Waals surface area contributed by atoms with Crippen molar-refractivity contribution in [1.29, 1.82) is 0 Å². The SMILES string of the molecule is NNc1ncccc1S(=O)(=O)Nc1cc(F)cc(F)c1. The number of benzene rings is 1. The van der Waals surface area contributed by atoms with E-state index in [1.54, 1.807) is 0 Å². The van der Waals surface area contributed by atoms with Crippen molar-refractivity contribution >= 4 is 21.5 Å². The van der Waals surface area contributed by atoms with Crippen molar-refractivity contribution in [2.75, 3.05) is 10.1 Å². The molecule has 1 heterocycles. The van der Waals surface area contributed by atoms with Crippen LogP contribution in [0, 0.1) is 11.6 Å². The number of sulfonamides is 1. The summed E-state index contributed by atoms with van der Waals surface area (Å²) in [6.45, 7) is 0. The highest BCUT2D eigenvalue weighted by Gasteiger charge is 2.19. The summed E-state index contributed by atoms with van der Waals surface area (Å²) in [5, 5.41) is 0. The summed E-state index contributed by atoms with van der Waals surface area (Å²) in [5.74, 6) is 3.28. The van der Waals surface area contributed by atoms with Gasteiger partial charge in [-0.3, -0.25) is 4.72 Å². The highest BCUT2D eigenvalue weighted by Crippen LogP contribution is 2.22. The molecule has 0 spiro atoms. The highest BCUT2D eigenvalue weighted by atomic mass is 32.2. The van der Waals surface area contributed by atoms with Crippen molar-refractivity contribution in [1.82, 2.24) is 4.98 Å². The molecule has 0 aliphatic rings. The van der Waals surface area contributed by atoms with Crippen molar-refractivity contribution in [3.05, 3.63) is 48.2 Å². The first-order chi connectivity index (χ1) is 9.42. The average Bonchev–Trinajstić information content (AvgIpc) is 2.36. The van der Waals surface area contributed by atoms with E-state index in [2.05, 4.69) is 10.4 Å². The van der Waals surface area contributed by atoms with Gasteiger partial charge < -0.3 is 5.43 Å². The third kappa shape index (κ3) is 3.00. The van der Waals surface area contributed by atoms with Gasteiger partial charge >= 0.3 is 0 Å². The fraction of sp³-hybridized carbons (Fsp3) is 0. The molecule has 0 fully saturated rings. The summed E-state index contributed by atoms with van der Waals surface area (Å²) in [7, 11) is -4.08. The van der Waals surface area contributed by atoms with Crippen molar-refractivity contribution in [3.63, 3.8) is 0 Å². The van der Waals surface area contributed by atoms with Gasteiger partial charge in [0.05, 0.1) is 5.69 Å². The molecule has 0 aliphatic carbocycles. The van der Waals surface area contributed by atoms with Gasteiger partial charge in [0.25, 0.3) is 10.0 Å². The summed E-state index contributed by atoms with van der Waals surface area (Å²) in [5.41, 5.74) is 1.89. The molecule has 0 amide bonds. The molecular formula is C11H10F2N4O2S. The lowest BCUT2D eigenvalue weighted by molar-refractivity contribution is 0.584. The summed E-state index contributed by atoms with van der Waals surface area (Å²) in [4.78, 5) is 3.49. The first-order valence-corrected chi connectivity index (χ1v) is 6.81. The number of nitrogen functional groups attached to an aromatic ring is 1. The van der Waals surface area contributed by atoms with E-state index in [1.165, 1.54) is 18.3 Å². The molecule has 2 rings (SSSR count). The van der Waals surface area contributed by atoms with E-state index in [4.69, 9.17) is 5.84 Å². The first-order valence-electron chi connectivity index (χ1n) is 5.33. The van der Waals surface area contributed by atoms with Crippen LogP contribution in [0.2, 0.25) is 0 Å². The molecule has 6 nitrogen and oxygen atoms in total. The van der Waals surface area contributed by atoms with E-state index in [0.717, 1.165) is 12.1 Å². The number of hydrogen-bond acceptors (Lipinski definition) is 5. The number of nitrogens with two attached hydrogens (primary N) is 1. The molecule has 0 atom stereocenters. The molecule has 9 heteroatoms. The number of hydrazine groups is 1. The van der Waals surface area contributed by atoms with Crippen LogP contribution in [0.3, 0.4) is 0 Å². The van der Waals surface area contributed by atoms with Crippen LogP contribution in [-0.4, -0.2) is 13.4 Å². The molecule has 0 bridgehead atoms. The lowest BCUT2D eigenvalue weighted by Crippen LogP contribution is -2.18. The van der Waals surface area contributed by atoms with Crippen molar-refractivity contribution in [3.8, 4) is 0 Å². The summed E-state index contributed by atoms with van der Waals surface area (Å²) in [6.07, 6.45) is 1.34. The van der Waals surface area contributed by atoms with Crippen molar-refractivity contribution < 1.29 is 17.2 Å². The molecule has 1 aromatic heterocycles. The van der Waals surface area contributed by atoms with Crippen molar-refractivity contribution in [2.45, 2.75) is 4.90 Å². The van der Waals surface area contributed by atoms with E-state index < -0.39 is 21.7 Å². The number of nitrogens with zero attached hydrogens (tertiary/aromatic N) is 1. The topological polar surface area (TPSA) is 97.1 Å². The molecule has 4 N–H and O–H groups in total. The number of hydrogen-bond donors (Lipinski definition) is 3. The van der Waals surface area contributed by atoms with Gasteiger partial charge in [-0.05, 0) is 24.3 Å². The van der Waals surface area contributed by atoms with E-state index in [9.17, 15) is 17.2 Å². The second kappa shape index (κ2) is 5.39. The molecule has 0 saturated carbocycles. The van der Waals surface area contributed by atoms with E-state index in [-0.39, 0.29) is 16.4 Å². The molecule has 20 heavy (non-hydrogen) atoms. The molecule has 106 valence electrons. The minimum Gasteiger partial charge on any atom is -0.307 e. The molecule has 1 aromatic carbocycles. The molecule has 2 aromatic rings. The van der Waals surface area contributed by atoms with Gasteiger partial charge in [0.2, 0.25) is 0 Å². The van der Waals surface area contributed by atoms with Gasteiger partial charge in [0.1, 0.15) is 16.5 Å². The second-order valence-electron chi connectivity index (χ2n) is 3.76. The van der Waals surface area contributed by atoms with Gasteiger partial charge in [-0.1, -0.05) is 0 Å². The summed E-state index contributed by atoms with van der Waals surface area (Å²) in [6, 6.07) is 4.98. The number of pyridine rings is 1. The van der Waals surface area contributed by atoms with E-state index in [0.29, 0.717) is 6.07 Å². The number of aromatic nitrogens is 1. The Balaban J connectivity index is 2.41. The summed E-state index contributed by atoms with van der Waals surface area (Å²) >= 11 is 0. The van der Waals surface area contributed by atoms with E-state index >= 15 is 0 Å². The van der Waals surface area contributed by atoms with Crippen LogP contribution in [0.4, 0.5) is 20.3 Å². The van der Waals surface area contributed by atoms with Crippen LogP contribution in [0.25, 0.3) is 0 Å². The number of nitrogens with one attached hydrogen (secondary N) is 2. The Hall–Kier alpha value is -2.26. The van der Waals surface area contributed by atoms with Crippen LogP contribution in [0.5, 0.6) is 0 Å². The Labute approximate surface area is 113 Å². The number of rotatable bonds is 4. The Bertz CT molecular complexity index is 717. The third-order valence-electron chi connectivity index (χ3n) is 2.31. The monoisotopic (exact) mass is 300 g/mol. The lowest BCUT2D eigenvalue weighted by Gasteiger charge is -2.11.